The van der Waals surface area contributed by atoms with E-state index in [0.29, 0.717) is 12.8 Å². The number of halogens is 2. The molecule has 1 amide bonds. The first-order chi connectivity index (χ1) is 14.4. The number of hydrogen-bond acceptors (Lipinski definition) is 5. The van der Waals surface area contributed by atoms with Crippen LogP contribution in [0.15, 0.2) is 59.5 Å². The molecule has 30 heavy (non-hydrogen) atoms. The molecule has 0 aliphatic carbocycles. The number of hydrogen-bond donors (Lipinski definition) is 1. The summed E-state index contributed by atoms with van der Waals surface area (Å²) in [6.07, 6.45) is 0.633. The van der Waals surface area contributed by atoms with Gasteiger partial charge in [0.2, 0.25) is 5.43 Å². The Morgan fingerprint density at radius 2 is 1.93 bits per heavy atom. The molecule has 0 radical (unpaired) electrons. The lowest BCUT2D eigenvalue weighted by atomic mass is 9.91. The molecule has 3 unspecified atom stereocenters. The molecule has 1 fully saturated rings. The number of carbonyl (C=O) groups excluding carboxylic acids is 1. The average Bonchev–Trinajstić information content (AvgIpc) is 2.74. The van der Waals surface area contributed by atoms with E-state index in [2.05, 4.69) is 0 Å². The van der Waals surface area contributed by atoms with Crippen LogP contribution in [0.1, 0.15) is 34.9 Å². The Balaban J connectivity index is 1.84. The van der Waals surface area contributed by atoms with Gasteiger partial charge in [-0.2, -0.15) is 8.78 Å². The zero-order chi connectivity index (χ0) is 21.4. The first-order valence-corrected chi connectivity index (χ1v) is 9.58. The van der Waals surface area contributed by atoms with Crippen LogP contribution in [0.5, 0.6) is 5.75 Å². The number of piperidine rings is 1. The second-order valence-corrected chi connectivity index (χ2v) is 7.30. The van der Waals surface area contributed by atoms with Crippen molar-refractivity contribution in [1.82, 2.24) is 9.58 Å². The smallest absolute Gasteiger partial charge is 0.277 e. The van der Waals surface area contributed by atoms with Crippen LogP contribution in [0.4, 0.5) is 8.78 Å². The van der Waals surface area contributed by atoms with Crippen molar-refractivity contribution in [2.24, 2.45) is 0 Å². The standard InChI is InChI=1S/C21H21F2N3O4/c1-24-17-8-7-15(30-12-10-16(22)23)18(13-5-3-2-4-6-13)26(17)25-11-9-14(27)20(28)19(25)21(24)29/h2-6,9-11,15,17-18,28H,7-8,12H2,1H3. The minimum atomic E-state index is -1.81. The number of amides is 1. The molecule has 1 aromatic heterocycles. The molecule has 1 aromatic carbocycles. The maximum atomic E-state index is 12.9. The number of aromatic hydroxyl groups is 1. The Kier molecular flexibility index (Phi) is 5.29. The number of carbonyl (C=O) groups is 1. The highest BCUT2D eigenvalue weighted by atomic mass is 19.3. The number of benzene rings is 1. The summed E-state index contributed by atoms with van der Waals surface area (Å²) in [5.41, 5.74) is 0.0902. The fourth-order valence-electron chi connectivity index (χ4n) is 4.25. The molecule has 7 nitrogen and oxygen atoms in total. The summed E-state index contributed by atoms with van der Waals surface area (Å²) in [4.78, 5) is 26.3. The van der Waals surface area contributed by atoms with Crippen molar-refractivity contribution in [3.8, 4) is 5.75 Å². The van der Waals surface area contributed by atoms with E-state index in [4.69, 9.17) is 4.74 Å². The third kappa shape index (κ3) is 3.35. The van der Waals surface area contributed by atoms with Crippen molar-refractivity contribution in [2.75, 3.05) is 18.7 Å². The molecule has 3 heterocycles. The van der Waals surface area contributed by atoms with Crippen molar-refractivity contribution in [2.45, 2.75) is 31.2 Å². The Labute approximate surface area is 171 Å². The molecule has 9 heteroatoms. The first-order valence-electron chi connectivity index (χ1n) is 9.58. The SMILES string of the molecule is CN1C(=O)c2c(O)c(=O)ccn2N2C(c3ccccc3)C(OCC=C(F)F)CCC12. The van der Waals surface area contributed by atoms with Gasteiger partial charge in [0, 0.05) is 25.4 Å². The Morgan fingerprint density at radius 3 is 2.63 bits per heavy atom. The van der Waals surface area contributed by atoms with E-state index in [-0.39, 0.29) is 18.5 Å². The lowest BCUT2D eigenvalue weighted by Gasteiger charge is -2.53. The molecule has 2 aliphatic heterocycles. The highest BCUT2D eigenvalue weighted by Gasteiger charge is 2.46. The van der Waals surface area contributed by atoms with E-state index in [1.54, 1.807) is 7.05 Å². The number of fused-ring (bicyclic) bond motifs is 3. The van der Waals surface area contributed by atoms with Crippen molar-refractivity contribution in [3.63, 3.8) is 0 Å². The van der Waals surface area contributed by atoms with Crippen molar-refractivity contribution in [1.29, 1.82) is 0 Å². The van der Waals surface area contributed by atoms with Crippen LogP contribution in [0.3, 0.4) is 0 Å². The van der Waals surface area contributed by atoms with Crippen LogP contribution in [0.2, 0.25) is 0 Å². The third-order valence-corrected chi connectivity index (χ3v) is 5.61. The Bertz CT molecular complexity index is 1040. The first kappa shape index (κ1) is 20.1. The fraction of sp³-hybridized carbons (Fsp3) is 0.333. The number of pyridine rings is 1. The van der Waals surface area contributed by atoms with Gasteiger partial charge in [-0.3, -0.25) is 19.3 Å². The molecule has 3 atom stereocenters. The summed E-state index contributed by atoms with van der Waals surface area (Å²) in [6, 6.07) is 10.1. The summed E-state index contributed by atoms with van der Waals surface area (Å²) in [5.74, 6) is -1.08. The van der Waals surface area contributed by atoms with Crippen LogP contribution in [-0.4, -0.2) is 46.5 Å². The molecule has 0 saturated carbocycles. The topological polar surface area (TPSA) is 75.0 Å². The van der Waals surface area contributed by atoms with E-state index in [9.17, 15) is 23.5 Å². The minimum Gasteiger partial charge on any atom is -0.502 e. The van der Waals surface area contributed by atoms with Gasteiger partial charge < -0.3 is 14.7 Å². The summed E-state index contributed by atoms with van der Waals surface area (Å²) >= 11 is 0. The molecule has 1 saturated heterocycles. The normalized spacial score (nSPS) is 23.0. The van der Waals surface area contributed by atoms with E-state index < -0.39 is 35.3 Å². The summed E-state index contributed by atoms with van der Waals surface area (Å²) in [7, 11) is 1.62. The zero-order valence-corrected chi connectivity index (χ0v) is 16.2. The van der Waals surface area contributed by atoms with Gasteiger partial charge in [0.15, 0.2) is 11.4 Å². The second kappa shape index (κ2) is 7.91. The molecule has 158 valence electrons. The summed E-state index contributed by atoms with van der Waals surface area (Å²) in [5, 5.41) is 12.2. The van der Waals surface area contributed by atoms with Gasteiger partial charge in [-0.15, -0.1) is 0 Å². The van der Waals surface area contributed by atoms with E-state index >= 15 is 0 Å². The van der Waals surface area contributed by atoms with Crippen molar-refractivity contribution >= 4 is 5.91 Å². The highest BCUT2D eigenvalue weighted by Crippen LogP contribution is 2.39. The van der Waals surface area contributed by atoms with E-state index in [1.807, 2.05) is 35.3 Å². The molecule has 0 spiro atoms. The van der Waals surface area contributed by atoms with Crippen LogP contribution < -0.4 is 10.4 Å². The molecule has 4 rings (SSSR count). The molecular formula is C21H21F2N3O4. The Morgan fingerprint density at radius 1 is 1.20 bits per heavy atom. The van der Waals surface area contributed by atoms with Crippen molar-refractivity contribution in [3.05, 3.63) is 76.2 Å². The largest absolute Gasteiger partial charge is 0.502 e. The average molecular weight is 417 g/mol. The van der Waals surface area contributed by atoms with Gasteiger partial charge in [-0.05, 0) is 18.4 Å². The highest BCUT2D eigenvalue weighted by molar-refractivity contribution is 5.96. The molecule has 2 aromatic rings. The van der Waals surface area contributed by atoms with Crippen LogP contribution in [0.25, 0.3) is 0 Å². The Hall–Kier alpha value is -3.20. The third-order valence-electron chi connectivity index (χ3n) is 5.61. The van der Waals surface area contributed by atoms with E-state index in [1.165, 1.54) is 21.8 Å². The summed E-state index contributed by atoms with van der Waals surface area (Å²) < 4.78 is 32.3. The molecular weight excluding hydrogens is 396 g/mol. The monoisotopic (exact) mass is 417 g/mol. The summed E-state index contributed by atoms with van der Waals surface area (Å²) in [6.45, 7) is -0.244. The van der Waals surface area contributed by atoms with Crippen LogP contribution in [-0.2, 0) is 4.74 Å². The van der Waals surface area contributed by atoms with Gasteiger partial charge in [0.1, 0.15) is 6.17 Å². The van der Waals surface area contributed by atoms with Crippen molar-refractivity contribution < 1.29 is 23.4 Å². The maximum Gasteiger partial charge on any atom is 0.277 e. The minimum absolute atomic E-state index is 0.127. The number of rotatable bonds is 4. The second-order valence-electron chi connectivity index (χ2n) is 7.30. The van der Waals surface area contributed by atoms with Crippen LogP contribution >= 0.6 is 0 Å². The quantitative estimate of drug-likeness (QED) is 0.828. The maximum absolute atomic E-state index is 12.9. The molecule has 2 aliphatic rings. The lowest BCUT2D eigenvalue weighted by molar-refractivity contribution is -0.00879. The number of aromatic nitrogens is 1. The van der Waals surface area contributed by atoms with Gasteiger partial charge in [0.05, 0.1) is 18.8 Å². The van der Waals surface area contributed by atoms with Gasteiger partial charge in [-0.25, -0.2) is 0 Å². The number of ether oxygens (including phenoxy) is 1. The molecule has 0 bridgehead atoms. The predicted octanol–water partition coefficient (Wildman–Crippen LogP) is 2.60. The van der Waals surface area contributed by atoms with E-state index in [0.717, 1.165) is 11.6 Å². The lowest BCUT2D eigenvalue weighted by Crippen LogP contribution is -2.65. The van der Waals surface area contributed by atoms with Gasteiger partial charge in [0.25, 0.3) is 12.0 Å². The van der Waals surface area contributed by atoms with Crippen LogP contribution in [0, 0.1) is 0 Å². The predicted molar refractivity (Wildman–Crippen MR) is 105 cm³/mol. The zero-order valence-electron chi connectivity index (χ0n) is 16.2. The van der Waals surface area contributed by atoms with Gasteiger partial charge >= 0.3 is 0 Å². The van der Waals surface area contributed by atoms with Gasteiger partial charge in [-0.1, -0.05) is 30.3 Å². The molecule has 1 N–H and O–H groups in total. The number of nitrogens with zero attached hydrogens (tertiary/aromatic N) is 3. The fourth-order valence-corrected chi connectivity index (χ4v) is 4.25.